The zero-order valence-electron chi connectivity index (χ0n) is 17.8. The molecule has 29 heavy (non-hydrogen) atoms. The van der Waals surface area contributed by atoms with E-state index in [-0.39, 0.29) is 55.3 Å². The van der Waals surface area contributed by atoms with E-state index in [1.807, 2.05) is 0 Å². The van der Waals surface area contributed by atoms with Gasteiger partial charge in [0, 0.05) is 27.1 Å². The summed E-state index contributed by atoms with van der Waals surface area (Å²) in [6, 6.07) is -0.662. The minimum Gasteiger partial charge on any atom is -0.395 e. The lowest BCUT2D eigenvalue weighted by Gasteiger charge is -2.15. The molecule has 11 heteroatoms. The molecule has 0 aromatic heterocycles. The molecular formula is C18H39ClN2O8. The normalized spacial score (nSPS) is 14.3. The Morgan fingerprint density at radius 3 is 1.69 bits per heavy atom. The number of ether oxygens (including phenoxy) is 2. The number of halogens is 1. The Balaban J connectivity index is -0.000000401. The highest BCUT2D eigenvalue weighted by Crippen LogP contribution is 1.92. The zero-order chi connectivity index (χ0) is 23.2. The first-order valence-electron chi connectivity index (χ1n) is 9.38. The SMILES string of the molecule is CC(=O)Cl.CC(=O)N[C@@H](CO)COCC[C@@H](C)O.C[C@@H](O)CCOC[C@@H](N)CO. The van der Waals surface area contributed by atoms with Crippen LogP contribution in [0.4, 0.5) is 0 Å². The van der Waals surface area contributed by atoms with Gasteiger partial charge in [-0.3, -0.25) is 9.59 Å². The minimum absolute atomic E-state index is 0.0608. The lowest BCUT2D eigenvalue weighted by atomic mass is 10.3. The first-order chi connectivity index (χ1) is 13.5. The van der Waals surface area contributed by atoms with E-state index in [0.717, 1.165) is 0 Å². The summed E-state index contributed by atoms with van der Waals surface area (Å²) in [7, 11) is 0. The van der Waals surface area contributed by atoms with Crippen molar-refractivity contribution in [2.24, 2.45) is 5.73 Å². The number of hydrogen-bond acceptors (Lipinski definition) is 9. The zero-order valence-corrected chi connectivity index (χ0v) is 18.6. The van der Waals surface area contributed by atoms with Gasteiger partial charge in [0.2, 0.25) is 11.1 Å². The van der Waals surface area contributed by atoms with Gasteiger partial charge in [-0.05, 0) is 38.3 Å². The summed E-state index contributed by atoms with van der Waals surface area (Å²) < 4.78 is 10.2. The topological polar surface area (TPSA) is 172 Å². The third-order valence-corrected chi connectivity index (χ3v) is 2.87. The average Bonchev–Trinajstić information content (AvgIpc) is 2.60. The molecule has 0 heterocycles. The molecule has 0 aliphatic carbocycles. The smallest absolute Gasteiger partial charge is 0.218 e. The number of amides is 1. The molecule has 0 aromatic rings. The second kappa shape index (κ2) is 23.4. The molecule has 10 nitrogen and oxygen atoms in total. The van der Waals surface area contributed by atoms with Crippen molar-refractivity contribution in [1.29, 1.82) is 0 Å². The molecule has 4 atom stereocenters. The van der Waals surface area contributed by atoms with Crippen LogP contribution in [0.1, 0.15) is 40.5 Å². The Labute approximate surface area is 178 Å². The van der Waals surface area contributed by atoms with Crippen molar-refractivity contribution in [3.63, 3.8) is 0 Å². The molecule has 0 fully saturated rings. The van der Waals surface area contributed by atoms with Crippen LogP contribution < -0.4 is 11.1 Å². The van der Waals surface area contributed by atoms with Crippen molar-refractivity contribution >= 4 is 22.8 Å². The molecular weight excluding hydrogens is 408 g/mol. The lowest BCUT2D eigenvalue weighted by molar-refractivity contribution is -0.120. The molecule has 0 saturated heterocycles. The van der Waals surface area contributed by atoms with Gasteiger partial charge in [-0.25, -0.2) is 0 Å². The molecule has 176 valence electrons. The Kier molecular flexibility index (Phi) is 26.5. The first kappa shape index (κ1) is 32.8. The van der Waals surface area contributed by atoms with Crippen LogP contribution in [0.2, 0.25) is 0 Å². The maximum absolute atomic E-state index is 10.6. The number of nitrogens with one attached hydrogen (secondary N) is 1. The Hall–Kier alpha value is -0.850. The van der Waals surface area contributed by atoms with Crippen molar-refractivity contribution < 1.29 is 39.5 Å². The van der Waals surface area contributed by atoms with E-state index in [1.165, 1.54) is 13.8 Å². The van der Waals surface area contributed by atoms with Crippen LogP contribution in [0, 0.1) is 0 Å². The van der Waals surface area contributed by atoms with E-state index in [2.05, 4.69) is 16.9 Å². The van der Waals surface area contributed by atoms with Gasteiger partial charge in [0.1, 0.15) is 0 Å². The van der Waals surface area contributed by atoms with E-state index < -0.39 is 0 Å². The summed E-state index contributed by atoms with van der Waals surface area (Å²) in [6.45, 7) is 7.39. The van der Waals surface area contributed by atoms with Crippen LogP contribution in [-0.4, -0.2) is 95.5 Å². The van der Waals surface area contributed by atoms with Gasteiger partial charge in [0.15, 0.2) is 0 Å². The number of nitrogens with two attached hydrogens (primary N) is 1. The third kappa shape index (κ3) is 38.4. The molecule has 0 bridgehead atoms. The standard InChI is InChI=1S/C9H19NO4.C7H17NO3.C2H3ClO/c1-7(12)3-4-14-6-9(5-11)10-8(2)13;1-6(10)2-3-11-5-7(8)4-9;1-2(3)4/h7,9,11-12H,3-6H2,1-2H3,(H,10,13);6-7,9-10H,2-5,8H2,1H3;1H3/t7-,9+;6-,7+;/m11./s1. The molecule has 0 aliphatic rings. The largest absolute Gasteiger partial charge is 0.395 e. The number of aliphatic hydroxyl groups excluding tert-OH is 4. The maximum Gasteiger partial charge on any atom is 0.218 e. The van der Waals surface area contributed by atoms with Gasteiger partial charge >= 0.3 is 0 Å². The number of hydrogen-bond donors (Lipinski definition) is 6. The van der Waals surface area contributed by atoms with Gasteiger partial charge in [-0.15, -0.1) is 0 Å². The van der Waals surface area contributed by atoms with E-state index in [9.17, 15) is 9.59 Å². The van der Waals surface area contributed by atoms with Crippen molar-refractivity contribution in [1.82, 2.24) is 5.32 Å². The van der Waals surface area contributed by atoms with Crippen LogP contribution in [0.5, 0.6) is 0 Å². The number of carbonyl (C=O) groups excluding carboxylic acids is 2. The molecule has 7 N–H and O–H groups in total. The monoisotopic (exact) mass is 446 g/mol. The summed E-state index contributed by atoms with van der Waals surface area (Å²) >= 11 is 4.64. The fraction of sp³-hybridized carbons (Fsp3) is 0.889. The van der Waals surface area contributed by atoms with Gasteiger partial charge in [0.05, 0.1) is 50.7 Å². The molecule has 0 radical (unpaired) electrons. The number of rotatable bonds is 13. The van der Waals surface area contributed by atoms with Crippen LogP contribution >= 0.6 is 11.6 Å². The number of carbonyl (C=O) groups is 2. The third-order valence-electron chi connectivity index (χ3n) is 2.87. The summed E-state index contributed by atoms with van der Waals surface area (Å²) in [6.07, 6.45) is 0.444. The van der Waals surface area contributed by atoms with Gasteiger partial charge < -0.3 is 41.0 Å². The summed E-state index contributed by atoms with van der Waals surface area (Å²) in [5.41, 5.74) is 5.35. The fourth-order valence-electron chi connectivity index (χ4n) is 1.45. The fourth-order valence-corrected chi connectivity index (χ4v) is 1.45. The van der Waals surface area contributed by atoms with Crippen molar-refractivity contribution in [2.45, 2.75) is 64.8 Å². The van der Waals surface area contributed by atoms with Crippen LogP contribution in [0.25, 0.3) is 0 Å². The highest BCUT2D eigenvalue weighted by atomic mass is 35.5. The lowest BCUT2D eigenvalue weighted by Crippen LogP contribution is -2.39. The van der Waals surface area contributed by atoms with Crippen LogP contribution in [0.15, 0.2) is 0 Å². The Morgan fingerprint density at radius 1 is 0.966 bits per heavy atom. The molecule has 0 rings (SSSR count). The quantitative estimate of drug-likeness (QED) is 0.155. The Bertz CT molecular complexity index is 383. The van der Waals surface area contributed by atoms with E-state index in [1.54, 1.807) is 13.8 Å². The van der Waals surface area contributed by atoms with Gasteiger partial charge in [-0.1, -0.05) is 0 Å². The van der Waals surface area contributed by atoms with Crippen LogP contribution in [-0.2, 0) is 19.1 Å². The summed E-state index contributed by atoms with van der Waals surface area (Å²) in [4.78, 5) is 19.8. The molecule has 0 unspecified atom stereocenters. The number of aliphatic hydroxyl groups is 4. The highest BCUT2D eigenvalue weighted by Gasteiger charge is 2.08. The predicted molar refractivity (Wildman–Crippen MR) is 111 cm³/mol. The van der Waals surface area contributed by atoms with Crippen molar-refractivity contribution in [3.05, 3.63) is 0 Å². The van der Waals surface area contributed by atoms with Gasteiger partial charge in [-0.2, -0.15) is 0 Å². The first-order valence-corrected chi connectivity index (χ1v) is 9.75. The van der Waals surface area contributed by atoms with Crippen molar-refractivity contribution in [2.75, 3.05) is 39.6 Å². The Morgan fingerprint density at radius 2 is 1.38 bits per heavy atom. The van der Waals surface area contributed by atoms with E-state index >= 15 is 0 Å². The van der Waals surface area contributed by atoms with Crippen LogP contribution in [0.3, 0.4) is 0 Å². The van der Waals surface area contributed by atoms with Gasteiger partial charge in [0.25, 0.3) is 0 Å². The summed E-state index contributed by atoms with van der Waals surface area (Å²) in [5, 5.41) is 37.2. The highest BCUT2D eigenvalue weighted by molar-refractivity contribution is 6.62. The second-order valence-corrected chi connectivity index (χ2v) is 6.95. The molecule has 0 aliphatic heterocycles. The van der Waals surface area contributed by atoms with E-state index in [0.29, 0.717) is 32.7 Å². The second-order valence-electron chi connectivity index (χ2n) is 6.42. The average molecular weight is 447 g/mol. The van der Waals surface area contributed by atoms with E-state index in [4.69, 9.17) is 35.6 Å². The van der Waals surface area contributed by atoms with Crippen molar-refractivity contribution in [3.8, 4) is 0 Å². The summed E-state index contributed by atoms with van der Waals surface area (Å²) in [5.74, 6) is -0.192. The minimum atomic E-state index is -0.386. The molecule has 1 amide bonds. The molecule has 0 aromatic carbocycles. The maximum atomic E-state index is 10.6. The molecule has 0 saturated carbocycles. The molecule has 0 spiro atoms. The predicted octanol–water partition coefficient (Wildman–Crippen LogP) is -0.864.